The Morgan fingerprint density at radius 3 is 1.08 bits per heavy atom. The molecule has 0 saturated heterocycles. The van der Waals surface area contributed by atoms with Crippen molar-refractivity contribution < 1.29 is 69.3 Å². The van der Waals surface area contributed by atoms with Gasteiger partial charge in [-0.15, -0.1) is 31.7 Å². The Morgan fingerprint density at radius 2 is 0.740 bits per heavy atom. The van der Waals surface area contributed by atoms with Crippen molar-refractivity contribution in [1.82, 2.24) is 0 Å². The summed E-state index contributed by atoms with van der Waals surface area (Å²) in [6.45, 7) is 36.4. The van der Waals surface area contributed by atoms with Crippen molar-refractivity contribution in [2.24, 2.45) is 0 Å². The van der Waals surface area contributed by atoms with Crippen LogP contribution in [0.1, 0.15) is 327 Å². The Labute approximate surface area is 634 Å². The van der Waals surface area contributed by atoms with Gasteiger partial charge in [0.15, 0.2) is 18.8 Å². The molecular weight excluding hydrogens is 1610 g/mol. The van der Waals surface area contributed by atoms with E-state index in [4.69, 9.17) is 27.1 Å². The average Bonchev–Trinajstić information content (AvgIpc) is 0.819. The molecule has 0 unspecified atom stereocenters. The number of rotatable bonds is 50. The van der Waals surface area contributed by atoms with E-state index >= 15 is 0 Å². The van der Waals surface area contributed by atoms with Crippen LogP contribution in [0.4, 0.5) is 5.69 Å². The predicted octanol–water partition coefficient (Wildman–Crippen LogP) is 25.9. The summed E-state index contributed by atoms with van der Waals surface area (Å²) in [5.74, 6) is 13.6. The molecule has 0 radical (unpaired) electrons. The number of aliphatic hydroxyl groups is 2. The zero-order valence-corrected chi connectivity index (χ0v) is 72.9. The Hall–Kier alpha value is -1.31. The number of aromatic hydroxyl groups is 2. The van der Waals surface area contributed by atoms with Gasteiger partial charge in [-0.25, -0.2) is 4.79 Å². The van der Waals surface area contributed by atoms with E-state index in [2.05, 4.69) is 128 Å². The zero-order valence-electron chi connectivity index (χ0n) is 64.8. The standard InChI is InChI=1S/C61H85NO4.4C6H15P.2Pt.2H2/c1-6-11-14-17-20-23-26-29-32-35-44-64-58-50-56(61(63)62-57-42-40-54(41-43-57)38-39-55-48-52(9-4)47-53(10-5)49-55)51-59(65-45-36-33-30-27-24-21-18-15-12-7-2)60(58)66-46-37-34-31-28-25-22-19-16-13-8-3;4*1-4-7(5-2)6-3;;;;/h40-43,47-51H,6-8,11-37,44-46H2,1-3H3,(H,62,63);4*4-6H2,1-3H3;;;2*1H/p+4. The van der Waals surface area contributed by atoms with Crippen molar-refractivity contribution in [3.8, 4) is 40.9 Å². The molecule has 0 aliphatic heterocycles. The number of carbonyl (C=O) groups excluding carboxylic acids is 1. The number of primary amides is 1. The summed E-state index contributed by atoms with van der Waals surface area (Å²) >= 11 is 0. The summed E-state index contributed by atoms with van der Waals surface area (Å²) in [5, 5.41) is 1.79. The normalized spacial score (nSPS) is 10.5. The van der Waals surface area contributed by atoms with Gasteiger partial charge in [-0.1, -0.05) is 264 Å². The molecule has 5 N–H and O–H groups in total. The summed E-state index contributed by atoms with van der Waals surface area (Å²) in [5.41, 5.74) is 4.17. The van der Waals surface area contributed by atoms with E-state index in [9.17, 15) is 4.79 Å². The number of nitrogens with two attached hydrogens (primary N) is 1. The van der Waals surface area contributed by atoms with E-state index in [1.807, 2.05) is 36.4 Å². The van der Waals surface area contributed by atoms with Crippen molar-refractivity contribution in [2.75, 3.05) is 93.8 Å². The zero-order chi connectivity index (χ0) is 69.9. The van der Waals surface area contributed by atoms with Gasteiger partial charge in [-0.3, -0.25) is 0 Å². The number of quaternary nitrogens is 1. The minimum absolute atomic E-state index is 0. The van der Waals surface area contributed by atoms with Crippen LogP contribution in [0.5, 0.6) is 17.2 Å². The molecule has 0 bridgehead atoms. The van der Waals surface area contributed by atoms with Crippen molar-refractivity contribution >= 4 is 43.3 Å². The maximum absolute atomic E-state index is 11.7. The van der Waals surface area contributed by atoms with Crippen LogP contribution in [0.15, 0.2) is 54.6 Å². The summed E-state index contributed by atoms with van der Waals surface area (Å²) in [6, 6.07) is 17.0. The Balaban J connectivity index is -0.000000549. The fraction of sp³-hybridized carbons (Fsp3) is 0.706. The summed E-state index contributed by atoms with van der Waals surface area (Å²) in [7, 11) is 1.78. The van der Waals surface area contributed by atoms with Gasteiger partial charge in [0, 0.05) is 63.9 Å². The van der Waals surface area contributed by atoms with Crippen LogP contribution < -0.4 is 10.1 Å². The van der Waals surface area contributed by atoms with Crippen LogP contribution in [0, 0.1) is 36.5 Å². The van der Waals surface area contributed by atoms with E-state index in [0.29, 0.717) is 60.5 Å². The van der Waals surface area contributed by atoms with E-state index in [0.717, 1.165) is 67.4 Å². The first-order valence-corrected chi connectivity index (χ1v) is 46.6. The van der Waals surface area contributed by atoms with Crippen molar-refractivity contribution in [1.29, 1.82) is 0 Å². The Bertz CT molecular complexity index is 2190. The minimum Gasteiger partial charge on any atom is 0 e. The first kappa shape index (κ1) is 101. The van der Waals surface area contributed by atoms with Gasteiger partial charge in [0.05, 0.1) is 12.7 Å². The molecule has 96 heavy (non-hydrogen) atoms. The SMILES string of the molecule is CCP(CC)CC.CCP(CC)CC.CCP(CC)CC.CCP(CC)CC.[C+]#Cc1cc(C#[C-])cc(C#Cc2ccc([NH2+]C(=[OH+])c3cc(OCCCCCCCCCCCC)c([OH+]CCCCCCCCCCCC)c([OH+]CCCCCCCCCCCC)c3)cc2)c1.[HH].[HH].[Pt].[Pt]. The van der Waals surface area contributed by atoms with Crippen LogP contribution in [0.3, 0.4) is 0 Å². The van der Waals surface area contributed by atoms with Crippen molar-refractivity contribution in [2.45, 2.75) is 296 Å². The third kappa shape index (κ3) is 57.2. The van der Waals surface area contributed by atoms with Crippen LogP contribution >= 0.6 is 31.7 Å². The first-order valence-electron chi connectivity index (χ1n) is 39.0. The third-order valence-corrected chi connectivity index (χ3v) is 28.6. The molecule has 0 fully saturated rings. The number of unbranched alkanes of at least 4 members (excludes halogenated alkanes) is 27. The average molecular weight is 1770 g/mol. The molecule has 1 amide bonds. The molecule has 3 rings (SSSR count). The molecular formula is C85H153NO4P4Pt2+4. The van der Waals surface area contributed by atoms with E-state index in [1.54, 1.807) is 23.5 Å². The number of amides is 1. The molecule has 0 saturated carbocycles. The summed E-state index contributed by atoms with van der Waals surface area (Å²) < 4.78 is 17.0. The second kappa shape index (κ2) is 76.3. The van der Waals surface area contributed by atoms with E-state index in [-0.39, 0.29) is 50.9 Å². The number of ether oxygens (including phenoxy) is 3. The predicted molar refractivity (Wildman–Crippen MR) is 438 cm³/mol. The molecule has 5 nitrogen and oxygen atoms in total. The second-order valence-electron chi connectivity index (χ2n) is 24.9. The molecule has 0 heterocycles. The Kier molecular flexibility index (Phi) is 80.3. The van der Waals surface area contributed by atoms with Gasteiger partial charge < -0.3 is 14.2 Å². The van der Waals surface area contributed by atoms with E-state index in [1.165, 1.54) is 241 Å². The number of hydrogen-bond acceptors (Lipinski definition) is 1. The quantitative estimate of drug-likeness (QED) is 0.0114. The molecule has 3 aromatic rings. The largest absolute Gasteiger partial charge is 0 e. The topological polar surface area (TPSA) is 72.8 Å². The summed E-state index contributed by atoms with van der Waals surface area (Å²) in [4.78, 5) is 11.7. The Morgan fingerprint density at radius 1 is 0.417 bits per heavy atom. The van der Waals surface area contributed by atoms with Gasteiger partial charge in [0.25, 0.3) is 0 Å². The maximum atomic E-state index is 11.7. The van der Waals surface area contributed by atoms with Crippen molar-refractivity contribution in [3.05, 3.63) is 95.3 Å². The molecule has 0 atom stereocenters. The van der Waals surface area contributed by atoms with E-state index < -0.39 is 0 Å². The maximum Gasteiger partial charge on any atom is 0 e. The van der Waals surface area contributed by atoms with Crippen LogP contribution in [-0.4, -0.2) is 114 Å². The molecule has 11 heteroatoms. The minimum atomic E-state index is 0. The second-order valence-corrected chi connectivity index (χ2v) is 37.9. The number of benzene rings is 3. The van der Waals surface area contributed by atoms with Gasteiger partial charge in [0.2, 0.25) is 5.75 Å². The molecule has 3 aromatic carbocycles. The van der Waals surface area contributed by atoms with Crippen LogP contribution in [0.25, 0.3) is 0 Å². The molecule has 0 aliphatic rings. The van der Waals surface area contributed by atoms with Crippen molar-refractivity contribution in [3.63, 3.8) is 0 Å². The fourth-order valence-corrected chi connectivity index (χ4v) is 16.4. The van der Waals surface area contributed by atoms with Gasteiger partial charge in [0.1, 0.15) is 0 Å². The van der Waals surface area contributed by atoms with Gasteiger partial charge in [-0.05, 0) is 93.2 Å². The third-order valence-electron chi connectivity index (χ3n) is 17.8. The van der Waals surface area contributed by atoms with Crippen LogP contribution in [-0.2, 0) is 42.1 Å². The molecule has 0 aliphatic carbocycles. The summed E-state index contributed by atoms with van der Waals surface area (Å²) in [6.07, 6.45) is 70.5. The monoisotopic (exact) mass is 1770 g/mol. The molecule has 0 spiro atoms. The van der Waals surface area contributed by atoms with Gasteiger partial charge in [-0.2, -0.15) is 0 Å². The molecule has 558 valence electrons. The smallest absolute Gasteiger partial charge is 0 e. The van der Waals surface area contributed by atoms with Crippen LogP contribution in [0.2, 0.25) is 0 Å². The first-order chi connectivity index (χ1) is 45.9. The molecule has 0 aromatic heterocycles. The number of hydrogen-bond donors (Lipinski definition) is 1. The fourth-order valence-electron chi connectivity index (χ4n) is 11.1. The van der Waals surface area contributed by atoms with Gasteiger partial charge >= 0.3 is 130 Å².